The molecule has 0 saturated heterocycles. The van der Waals surface area contributed by atoms with E-state index in [-0.39, 0.29) is 0 Å². The summed E-state index contributed by atoms with van der Waals surface area (Å²) in [7, 11) is 1.66. The van der Waals surface area contributed by atoms with Gasteiger partial charge in [0.05, 0.1) is 12.1 Å². The van der Waals surface area contributed by atoms with Crippen LogP contribution < -0.4 is 10.1 Å². The smallest absolute Gasteiger partial charge is 0.243 e. The maximum atomic E-state index is 5.91. The fourth-order valence-electron chi connectivity index (χ4n) is 1.96. The van der Waals surface area contributed by atoms with Crippen molar-refractivity contribution in [1.82, 2.24) is 14.6 Å². The predicted octanol–water partition coefficient (Wildman–Crippen LogP) is 3.00. The molecular formula is C14H13ClN4O. The first kappa shape index (κ1) is 12.7. The third-order valence-corrected chi connectivity index (χ3v) is 3.15. The number of pyridine rings is 1. The van der Waals surface area contributed by atoms with Crippen LogP contribution in [0.3, 0.4) is 0 Å². The second kappa shape index (κ2) is 5.38. The Morgan fingerprint density at radius 2 is 2.10 bits per heavy atom. The average Bonchev–Trinajstić information content (AvgIpc) is 2.87. The van der Waals surface area contributed by atoms with Crippen molar-refractivity contribution >= 4 is 23.2 Å². The minimum atomic E-state index is 0.554. The van der Waals surface area contributed by atoms with Gasteiger partial charge >= 0.3 is 0 Å². The zero-order chi connectivity index (χ0) is 13.9. The van der Waals surface area contributed by atoms with Crippen LogP contribution in [-0.4, -0.2) is 21.7 Å². The molecule has 0 unspecified atom stereocenters. The molecule has 2 heterocycles. The molecule has 3 aromatic rings. The molecule has 20 heavy (non-hydrogen) atoms. The zero-order valence-corrected chi connectivity index (χ0v) is 11.6. The van der Waals surface area contributed by atoms with Crippen LogP contribution in [0.4, 0.5) is 5.95 Å². The van der Waals surface area contributed by atoms with Crippen LogP contribution in [0.1, 0.15) is 5.56 Å². The maximum absolute atomic E-state index is 5.91. The van der Waals surface area contributed by atoms with Crippen molar-refractivity contribution in [2.75, 3.05) is 12.4 Å². The number of anilines is 1. The number of nitrogens with zero attached hydrogens (tertiary/aromatic N) is 3. The largest absolute Gasteiger partial charge is 0.496 e. The Balaban J connectivity index is 1.79. The van der Waals surface area contributed by atoms with Crippen LogP contribution >= 0.6 is 11.6 Å². The number of methoxy groups -OCH3 is 1. The topological polar surface area (TPSA) is 51.5 Å². The highest BCUT2D eigenvalue weighted by Crippen LogP contribution is 2.18. The van der Waals surface area contributed by atoms with E-state index in [4.69, 9.17) is 16.3 Å². The van der Waals surface area contributed by atoms with Crippen LogP contribution in [0, 0.1) is 0 Å². The van der Waals surface area contributed by atoms with Crippen LogP contribution in [0.15, 0.2) is 42.6 Å². The Kier molecular flexibility index (Phi) is 3.43. The fourth-order valence-corrected chi connectivity index (χ4v) is 2.11. The summed E-state index contributed by atoms with van der Waals surface area (Å²) in [5.74, 6) is 1.39. The van der Waals surface area contributed by atoms with Gasteiger partial charge < -0.3 is 10.1 Å². The lowest BCUT2D eigenvalue weighted by Gasteiger charge is -2.07. The van der Waals surface area contributed by atoms with Crippen molar-refractivity contribution in [3.05, 3.63) is 53.2 Å². The molecule has 0 amide bonds. The minimum Gasteiger partial charge on any atom is -0.496 e. The highest BCUT2D eigenvalue weighted by molar-refractivity contribution is 6.30. The standard InChI is InChI=1S/C14H13ClN4O/c1-20-12-5-3-2-4-10(12)8-16-14-17-13-7-6-11(15)9-19(13)18-14/h2-7,9H,8H2,1H3,(H,16,18). The Morgan fingerprint density at radius 1 is 1.25 bits per heavy atom. The van der Waals surface area contributed by atoms with Gasteiger partial charge in [-0.05, 0) is 18.2 Å². The number of benzene rings is 1. The molecule has 1 N–H and O–H groups in total. The van der Waals surface area contributed by atoms with Crippen LogP contribution in [0.25, 0.3) is 5.65 Å². The molecule has 0 radical (unpaired) electrons. The Labute approximate surface area is 121 Å². The van der Waals surface area contributed by atoms with Crippen molar-refractivity contribution in [1.29, 1.82) is 0 Å². The molecule has 0 bridgehead atoms. The lowest BCUT2D eigenvalue weighted by molar-refractivity contribution is 0.410. The molecule has 5 nitrogen and oxygen atoms in total. The van der Waals surface area contributed by atoms with Gasteiger partial charge in [-0.15, -0.1) is 5.10 Å². The molecule has 102 valence electrons. The van der Waals surface area contributed by atoms with Gasteiger partial charge in [0.2, 0.25) is 5.95 Å². The van der Waals surface area contributed by atoms with E-state index in [0.717, 1.165) is 17.0 Å². The van der Waals surface area contributed by atoms with E-state index in [2.05, 4.69) is 15.4 Å². The summed E-state index contributed by atoms with van der Waals surface area (Å²) in [5, 5.41) is 8.12. The summed E-state index contributed by atoms with van der Waals surface area (Å²) in [5.41, 5.74) is 1.80. The number of para-hydroxylation sites is 1. The van der Waals surface area contributed by atoms with E-state index in [1.54, 1.807) is 23.9 Å². The molecule has 0 aliphatic heterocycles. The molecule has 0 aliphatic rings. The third kappa shape index (κ3) is 2.53. The van der Waals surface area contributed by atoms with Crippen molar-refractivity contribution in [3.63, 3.8) is 0 Å². The van der Waals surface area contributed by atoms with E-state index in [9.17, 15) is 0 Å². The molecule has 0 spiro atoms. The number of ether oxygens (including phenoxy) is 1. The van der Waals surface area contributed by atoms with Crippen LogP contribution in [0.2, 0.25) is 5.02 Å². The quantitative estimate of drug-likeness (QED) is 0.802. The maximum Gasteiger partial charge on any atom is 0.243 e. The monoisotopic (exact) mass is 288 g/mol. The van der Waals surface area contributed by atoms with Gasteiger partial charge in [-0.2, -0.15) is 4.98 Å². The van der Waals surface area contributed by atoms with E-state index < -0.39 is 0 Å². The first-order chi connectivity index (χ1) is 9.76. The number of hydrogen-bond donors (Lipinski definition) is 1. The number of hydrogen-bond acceptors (Lipinski definition) is 4. The number of halogens is 1. The second-order valence-electron chi connectivity index (χ2n) is 4.25. The Morgan fingerprint density at radius 3 is 2.95 bits per heavy atom. The van der Waals surface area contributed by atoms with Crippen LogP contribution in [-0.2, 0) is 6.54 Å². The highest BCUT2D eigenvalue weighted by Gasteiger charge is 2.05. The van der Waals surface area contributed by atoms with E-state index >= 15 is 0 Å². The molecule has 0 aliphatic carbocycles. The lowest BCUT2D eigenvalue weighted by atomic mass is 10.2. The first-order valence-electron chi connectivity index (χ1n) is 6.14. The fraction of sp³-hybridized carbons (Fsp3) is 0.143. The van der Waals surface area contributed by atoms with Gasteiger partial charge in [0.15, 0.2) is 5.65 Å². The van der Waals surface area contributed by atoms with Crippen molar-refractivity contribution < 1.29 is 4.74 Å². The van der Waals surface area contributed by atoms with Crippen LogP contribution in [0.5, 0.6) is 5.75 Å². The SMILES string of the molecule is COc1ccccc1CNc1nc2ccc(Cl)cn2n1. The number of fused-ring (bicyclic) bond motifs is 1. The average molecular weight is 289 g/mol. The van der Waals surface area contributed by atoms with E-state index in [1.165, 1.54) is 0 Å². The molecule has 6 heteroatoms. The molecule has 0 fully saturated rings. The predicted molar refractivity (Wildman–Crippen MR) is 78.3 cm³/mol. The summed E-state index contributed by atoms with van der Waals surface area (Å²) >= 11 is 5.91. The normalized spacial score (nSPS) is 10.7. The molecule has 0 saturated carbocycles. The van der Waals surface area contributed by atoms with Gasteiger partial charge in [0, 0.05) is 18.3 Å². The summed E-state index contributed by atoms with van der Waals surface area (Å²) in [6.45, 7) is 0.592. The molecule has 2 aromatic heterocycles. The highest BCUT2D eigenvalue weighted by atomic mass is 35.5. The number of nitrogens with one attached hydrogen (secondary N) is 1. The lowest BCUT2D eigenvalue weighted by Crippen LogP contribution is -2.03. The van der Waals surface area contributed by atoms with Crippen molar-refractivity contribution in [2.24, 2.45) is 0 Å². The Hall–Kier alpha value is -2.27. The number of aromatic nitrogens is 3. The molecular weight excluding hydrogens is 276 g/mol. The minimum absolute atomic E-state index is 0.554. The Bertz CT molecular complexity index is 741. The van der Waals surface area contributed by atoms with Gasteiger partial charge in [-0.25, -0.2) is 4.52 Å². The van der Waals surface area contributed by atoms with E-state index in [1.807, 2.05) is 30.3 Å². The van der Waals surface area contributed by atoms with Gasteiger partial charge in [-0.3, -0.25) is 0 Å². The van der Waals surface area contributed by atoms with Crippen molar-refractivity contribution in [2.45, 2.75) is 6.54 Å². The van der Waals surface area contributed by atoms with Gasteiger partial charge in [0.25, 0.3) is 0 Å². The molecule has 1 aromatic carbocycles. The summed E-state index contributed by atoms with van der Waals surface area (Å²) in [6, 6.07) is 11.4. The first-order valence-corrected chi connectivity index (χ1v) is 6.52. The van der Waals surface area contributed by atoms with E-state index in [0.29, 0.717) is 17.5 Å². The van der Waals surface area contributed by atoms with Crippen molar-refractivity contribution in [3.8, 4) is 5.75 Å². The molecule has 3 rings (SSSR count). The number of rotatable bonds is 4. The molecule has 0 atom stereocenters. The third-order valence-electron chi connectivity index (χ3n) is 2.92. The second-order valence-corrected chi connectivity index (χ2v) is 4.69. The van der Waals surface area contributed by atoms with Gasteiger partial charge in [-0.1, -0.05) is 29.8 Å². The summed E-state index contributed by atoms with van der Waals surface area (Å²) in [4.78, 5) is 4.37. The summed E-state index contributed by atoms with van der Waals surface area (Å²) in [6.07, 6.45) is 1.72. The zero-order valence-electron chi connectivity index (χ0n) is 10.9. The van der Waals surface area contributed by atoms with Gasteiger partial charge in [0.1, 0.15) is 5.75 Å². The summed E-state index contributed by atoms with van der Waals surface area (Å²) < 4.78 is 6.95.